The molecular formula is C21H27N3O2. The highest BCUT2D eigenvalue weighted by molar-refractivity contribution is 5.99. The van der Waals surface area contributed by atoms with Crippen molar-refractivity contribution >= 4 is 16.9 Å². The standard InChI is InChI=1S/C21H27N3O2/c1-7-17(19-14(5)23-24(8-2)15(19)6)22-21(25)20-13(4)16-10-9-12(3)11-18(16)26-20/h9-11,17H,7-8H2,1-6H3,(H,22,25)/t17-/m0/s1. The molecule has 0 radical (unpaired) electrons. The third-order valence-corrected chi connectivity index (χ3v) is 5.10. The Balaban J connectivity index is 1.93. The monoisotopic (exact) mass is 353 g/mol. The number of nitrogens with one attached hydrogen (secondary N) is 1. The van der Waals surface area contributed by atoms with E-state index in [0.29, 0.717) is 5.76 Å². The van der Waals surface area contributed by atoms with Crippen LogP contribution in [-0.2, 0) is 6.54 Å². The minimum atomic E-state index is -0.175. The number of carbonyl (C=O) groups excluding carboxylic acids is 1. The molecule has 0 aliphatic rings. The van der Waals surface area contributed by atoms with Gasteiger partial charge in [0.05, 0.1) is 11.7 Å². The van der Waals surface area contributed by atoms with E-state index < -0.39 is 0 Å². The Labute approximate surface area is 154 Å². The van der Waals surface area contributed by atoms with Gasteiger partial charge in [-0.2, -0.15) is 5.10 Å². The minimum Gasteiger partial charge on any atom is -0.451 e. The van der Waals surface area contributed by atoms with E-state index in [0.717, 1.165) is 52.0 Å². The molecule has 0 aliphatic heterocycles. The molecule has 5 nitrogen and oxygen atoms in total. The average Bonchev–Trinajstić information content (AvgIpc) is 3.09. The fraction of sp³-hybridized carbons (Fsp3) is 0.429. The van der Waals surface area contributed by atoms with Crippen molar-refractivity contribution in [1.82, 2.24) is 15.1 Å². The number of aromatic nitrogens is 2. The number of fused-ring (bicyclic) bond motifs is 1. The molecule has 5 heteroatoms. The maximum absolute atomic E-state index is 12.9. The quantitative estimate of drug-likeness (QED) is 0.719. The van der Waals surface area contributed by atoms with Crippen LogP contribution >= 0.6 is 0 Å². The van der Waals surface area contributed by atoms with Crippen LogP contribution in [0.1, 0.15) is 64.9 Å². The van der Waals surface area contributed by atoms with Crippen LogP contribution in [0.4, 0.5) is 0 Å². The van der Waals surface area contributed by atoms with E-state index >= 15 is 0 Å². The summed E-state index contributed by atoms with van der Waals surface area (Å²) in [6.45, 7) is 13.0. The Morgan fingerprint density at radius 2 is 1.96 bits per heavy atom. The Morgan fingerprint density at radius 3 is 2.58 bits per heavy atom. The number of benzene rings is 1. The molecule has 1 amide bonds. The maximum Gasteiger partial charge on any atom is 0.287 e. The van der Waals surface area contributed by atoms with Crippen LogP contribution in [0, 0.1) is 27.7 Å². The lowest BCUT2D eigenvalue weighted by atomic mass is 10.0. The number of nitrogens with zero attached hydrogens (tertiary/aromatic N) is 2. The molecule has 0 saturated carbocycles. The summed E-state index contributed by atoms with van der Waals surface area (Å²) in [7, 11) is 0. The summed E-state index contributed by atoms with van der Waals surface area (Å²) in [4.78, 5) is 12.9. The molecule has 1 N–H and O–H groups in total. The van der Waals surface area contributed by atoms with Gasteiger partial charge in [0.15, 0.2) is 5.76 Å². The van der Waals surface area contributed by atoms with E-state index in [1.165, 1.54) is 0 Å². The molecule has 0 bridgehead atoms. The van der Waals surface area contributed by atoms with Crippen LogP contribution in [0.15, 0.2) is 22.6 Å². The largest absolute Gasteiger partial charge is 0.451 e. The molecule has 26 heavy (non-hydrogen) atoms. The molecule has 0 unspecified atom stereocenters. The molecule has 1 atom stereocenters. The van der Waals surface area contributed by atoms with Gasteiger partial charge < -0.3 is 9.73 Å². The summed E-state index contributed by atoms with van der Waals surface area (Å²) in [6, 6.07) is 5.93. The van der Waals surface area contributed by atoms with Gasteiger partial charge in [-0.15, -0.1) is 0 Å². The van der Waals surface area contributed by atoms with Gasteiger partial charge in [-0.1, -0.05) is 19.1 Å². The van der Waals surface area contributed by atoms with Crippen LogP contribution in [0.3, 0.4) is 0 Å². The third-order valence-electron chi connectivity index (χ3n) is 5.10. The van der Waals surface area contributed by atoms with Crippen molar-refractivity contribution in [2.75, 3.05) is 0 Å². The van der Waals surface area contributed by atoms with Crippen molar-refractivity contribution in [3.8, 4) is 0 Å². The van der Waals surface area contributed by atoms with Gasteiger partial charge in [-0.25, -0.2) is 0 Å². The fourth-order valence-electron chi connectivity index (χ4n) is 3.67. The number of hydrogen-bond acceptors (Lipinski definition) is 3. The van der Waals surface area contributed by atoms with Crippen LogP contribution in [-0.4, -0.2) is 15.7 Å². The Morgan fingerprint density at radius 1 is 1.23 bits per heavy atom. The zero-order valence-electron chi connectivity index (χ0n) is 16.4. The fourth-order valence-corrected chi connectivity index (χ4v) is 3.67. The maximum atomic E-state index is 12.9. The van der Waals surface area contributed by atoms with Crippen molar-refractivity contribution in [2.45, 2.75) is 60.5 Å². The van der Waals surface area contributed by atoms with E-state index in [1.54, 1.807) is 0 Å². The van der Waals surface area contributed by atoms with Crippen molar-refractivity contribution < 1.29 is 9.21 Å². The van der Waals surface area contributed by atoms with Crippen LogP contribution < -0.4 is 5.32 Å². The number of carbonyl (C=O) groups is 1. The lowest BCUT2D eigenvalue weighted by Crippen LogP contribution is -2.29. The lowest BCUT2D eigenvalue weighted by molar-refractivity contribution is 0.0908. The molecule has 0 spiro atoms. The minimum absolute atomic E-state index is 0.0860. The molecule has 0 fully saturated rings. The van der Waals surface area contributed by atoms with E-state index in [9.17, 15) is 4.79 Å². The van der Waals surface area contributed by atoms with Crippen molar-refractivity contribution in [2.24, 2.45) is 0 Å². The van der Waals surface area contributed by atoms with Gasteiger partial charge in [0.25, 0.3) is 5.91 Å². The normalized spacial score (nSPS) is 12.5. The smallest absolute Gasteiger partial charge is 0.287 e. The van der Waals surface area contributed by atoms with Gasteiger partial charge in [-0.05, 0) is 52.7 Å². The first-order valence-corrected chi connectivity index (χ1v) is 9.21. The molecule has 2 heterocycles. The number of amides is 1. The molecule has 138 valence electrons. The van der Waals surface area contributed by atoms with Crippen LogP contribution in [0.2, 0.25) is 0 Å². The highest BCUT2D eigenvalue weighted by Crippen LogP contribution is 2.28. The summed E-state index contributed by atoms with van der Waals surface area (Å²) in [5.41, 5.74) is 5.93. The summed E-state index contributed by atoms with van der Waals surface area (Å²) >= 11 is 0. The first-order valence-electron chi connectivity index (χ1n) is 9.21. The van der Waals surface area contributed by atoms with Crippen molar-refractivity contribution in [1.29, 1.82) is 0 Å². The Hall–Kier alpha value is -2.56. The molecule has 2 aromatic heterocycles. The van der Waals surface area contributed by atoms with Gasteiger partial charge in [0.2, 0.25) is 0 Å². The van der Waals surface area contributed by atoms with Gasteiger partial charge in [0.1, 0.15) is 5.58 Å². The molecule has 0 saturated heterocycles. The van der Waals surface area contributed by atoms with Gasteiger partial charge >= 0.3 is 0 Å². The number of hydrogen-bond donors (Lipinski definition) is 1. The van der Waals surface area contributed by atoms with Gasteiger partial charge in [-0.3, -0.25) is 9.48 Å². The summed E-state index contributed by atoms with van der Waals surface area (Å²) in [5.74, 6) is 0.216. The predicted octanol–water partition coefficient (Wildman–Crippen LogP) is 4.76. The molecular weight excluding hydrogens is 326 g/mol. The lowest BCUT2D eigenvalue weighted by Gasteiger charge is -2.17. The highest BCUT2D eigenvalue weighted by Gasteiger charge is 2.24. The third kappa shape index (κ3) is 3.02. The summed E-state index contributed by atoms with van der Waals surface area (Å²) in [5, 5.41) is 8.72. The summed E-state index contributed by atoms with van der Waals surface area (Å²) < 4.78 is 7.86. The number of furan rings is 1. The number of rotatable bonds is 5. The summed E-state index contributed by atoms with van der Waals surface area (Å²) in [6.07, 6.45) is 0.793. The van der Waals surface area contributed by atoms with Crippen LogP contribution in [0.5, 0.6) is 0 Å². The van der Waals surface area contributed by atoms with Crippen LogP contribution in [0.25, 0.3) is 11.0 Å². The molecule has 3 rings (SSSR count). The topological polar surface area (TPSA) is 60.1 Å². The second kappa shape index (κ2) is 6.98. The first kappa shape index (κ1) is 18.2. The second-order valence-electron chi connectivity index (χ2n) is 6.89. The van der Waals surface area contributed by atoms with E-state index in [4.69, 9.17) is 4.42 Å². The first-order chi connectivity index (χ1) is 12.4. The van der Waals surface area contributed by atoms with E-state index in [1.807, 2.05) is 43.7 Å². The number of aryl methyl sites for hydroxylation is 4. The van der Waals surface area contributed by atoms with E-state index in [2.05, 4.69) is 31.2 Å². The highest BCUT2D eigenvalue weighted by atomic mass is 16.3. The van der Waals surface area contributed by atoms with E-state index in [-0.39, 0.29) is 11.9 Å². The van der Waals surface area contributed by atoms with Gasteiger partial charge in [0, 0.05) is 28.8 Å². The Kier molecular flexibility index (Phi) is 4.90. The zero-order valence-corrected chi connectivity index (χ0v) is 16.4. The molecule has 0 aliphatic carbocycles. The van der Waals surface area contributed by atoms with Crippen molar-refractivity contribution in [3.05, 3.63) is 52.0 Å². The second-order valence-corrected chi connectivity index (χ2v) is 6.89. The molecule has 3 aromatic rings. The molecule has 1 aromatic carbocycles. The average molecular weight is 353 g/mol. The Bertz CT molecular complexity index is 965. The predicted molar refractivity (Wildman–Crippen MR) is 104 cm³/mol. The SMILES string of the molecule is CC[C@H](NC(=O)c1oc2cc(C)ccc2c1C)c1c(C)nn(CC)c1C. The zero-order chi connectivity index (χ0) is 19.0. The van der Waals surface area contributed by atoms with Crippen molar-refractivity contribution in [3.63, 3.8) is 0 Å².